The lowest BCUT2D eigenvalue weighted by Gasteiger charge is -2.32. The maximum absolute atomic E-state index is 12.6. The van der Waals surface area contributed by atoms with Crippen molar-refractivity contribution in [2.75, 3.05) is 25.0 Å². The second-order valence-corrected chi connectivity index (χ2v) is 7.44. The van der Waals surface area contributed by atoms with Crippen LogP contribution in [0.25, 0.3) is 0 Å². The number of hydrogen-bond donors (Lipinski definition) is 2. The van der Waals surface area contributed by atoms with Crippen LogP contribution in [0.3, 0.4) is 0 Å². The number of hydrogen-bond acceptors (Lipinski definition) is 4. The lowest BCUT2D eigenvalue weighted by atomic mass is 10.0. The molecule has 1 aliphatic rings. The van der Waals surface area contributed by atoms with Crippen molar-refractivity contribution in [3.8, 4) is 0 Å². The van der Waals surface area contributed by atoms with Crippen LogP contribution in [0.1, 0.15) is 41.3 Å². The van der Waals surface area contributed by atoms with E-state index in [1.54, 1.807) is 31.2 Å². The van der Waals surface area contributed by atoms with Gasteiger partial charge in [-0.3, -0.25) is 15.0 Å². The fraction of sp³-hybridized carbons (Fsp3) is 0.391. The molecule has 0 unspecified atom stereocenters. The first kappa shape index (κ1) is 20.9. The molecule has 2 aromatic carbocycles. The number of carbonyl (C=O) groups is 2. The minimum atomic E-state index is -0.522. The number of nitrogens with one attached hydrogen (secondary N) is 2. The number of piperidine rings is 1. The molecule has 2 aromatic rings. The Balaban J connectivity index is 1.49. The summed E-state index contributed by atoms with van der Waals surface area (Å²) in [4.78, 5) is 26.6. The Bertz CT molecular complexity index is 845. The molecule has 0 spiro atoms. The maximum Gasteiger partial charge on any atom is 0.411 e. The largest absolute Gasteiger partial charge is 0.450 e. The number of carbonyl (C=O) groups excluding carboxylic acids is 2. The van der Waals surface area contributed by atoms with E-state index in [4.69, 9.17) is 4.74 Å². The minimum absolute atomic E-state index is 0.116. The van der Waals surface area contributed by atoms with Gasteiger partial charge in [-0.2, -0.15) is 0 Å². The first-order valence-electron chi connectivity index (χ1n) is 10.2. The van der Waals surface area contributed by atoms with Crippen LogP contribution in [0.5, 0.6) is 0 Å². The molecule has 29 heavy (non-hydrogen) atoms. The zero-order valence-electron chi connectivity index (χ0n) is 17.1. The summed E-state index contributed by atoms with van der Waals surface area (Å²) in [5, 5.41) is 5.75. The molecule has 0 bridgehead atoms. The van der Waals surface area contributed by atoms with Crippen LogP contribution in [0, 0.1) is 6.92 Å². The van der Waals surface area contributed by atoms with E-state index in [1.165, 1.54) is 11.1 Å². The highest BCUT2D eigenvalue weighted by atomic mass is 16.5. The Labute approximate surface area is 172 Å². The third-order valence-electron chi connectivity index (χ3n) is 5.06. The molecular weight excluding hydrogens is 366 g/mol. The number of ether oxygens (including phenoxy) is 1. The van der Waals surface area contributed by atoms with E-state index in [9.17, 15) is 9.59 Å². The molecule has 0 atom stereocenters. The van der Waals surface area contributed by atoms with Crippen LogP contribution in [0.15, 0.2) is 48.5 Å². The second-order valence-electron chi connectivity index (χ2n) is 7.44. The van der Waals surface area contributed by atoms with Crippen molar-refractivity contribution in [1.82, 2.24) is 10.2 Å². The maximum atomic E-state index is 12.6. The van der Waals surface area contributed by atoms with Crippen LogP contribution in [0.4, 0.5) is 10.5 Å². The van der Waals surface area contributed by atoms with Gasteiger partial charge in [0.05, 0.1) is 6.61 Å². The predicted molar refractivity (Wildman–Crippen MR) is 114 cm³/mol. The molecule has 0 aromatic heterocycles. The van der Waals surface area contributed by atoms with Crippen molar-refractivity contribution in [2.45, 2.75) is 39.3 Å². The first-order valence-corrected chi connectivity index (χ1v) is 10.2. The van der Waals surface area contributed by atoms with Crippen molar-refractivity contribution in [2.24, 2.45) is 0 Å². The molecule has 6 heteroatoms. The molecule has 0 saturated carbocycles. The summed E-state index contributed by atoms with van der Waals surface area (Å²) in [7, 11) is 0. The quantitative estimate of drug-likeness (QED) is 0.777. The fourth-order valence-corrected chi connectivity index (χ4v) is 3.60. The van der Waals surface area contributed by atoms with Gasteiger partial charge in [0.15, 0.2) is 0 Å². The fourth-order valence-electron chi connectivity index (χ4n) is 3.60. The molecule has 6 nitrogen and oxygen atoms in total. The Hall–Kier alpha value is -2.86. The van der Waals surface area contributed by atoms with E-state index in [0.717, 1.165) is 32.5 Å². The van der Waals surface area contributed by atoms with Gasteiger partial charge in [0, 0.05) is 36.9 Å². The molecule has 2 N–H and O–H groups in total. The third kappa shape index (κ3) is 6.32. The normalized spacial score (nSPS) is 15.0. The van der Waals surface area contributed by atoms with Crippen LogP contribution >= 0.6 is 0 Å². The molecule has 3 rings (SSSR count). The summed E-state index contributed by atoms with van der Waals surface area (Å²) >= 11 is 0. The molecule has 0 aliphatic carbocycles. The molecule has 2 amide bonds. The van der Waals surface area contributed by atoms with E-state index < -0.39 is 6.09 Å². The standard InChI is InChI=1S/C23H29N3O3/c1-3-29-23(28)25-21-9-5-8-19(15-21)22(27)24-20-10-12-26(13-11-20)16-18-7-4-6-17(2)14-18/h4-9,14-15,20H,3,10-13,16H2,1-2H3,(H,24,27)(H,25,28). The highest BCUT2D eigenvalue weighted by Gasteiger charge is 2.21. The SMILES string of the molecule is CCOC(=O)Nc1cccc(C(=O)NC2CCN(Cc3cccc(C)c3)CC2)c1. The van der Waals surface area contributed by atoms with E-state index >= 15 is 0 Å². The van der Waals surface area contributed by atoms with Gasteiger partial charge in [-0.15, -0.1) is 0 Å². The number of aryl methyl sites for hydroxylation is 1. The Kier molecular flexibility index (Phi) is 7.25. The average molecular weight is 396 g/mol. The Morgan fingerprint density at radius 3 is 2.59 bits per heavy atom. The van der Waals surface area contributed by atoms with Gasteiger partial charge in [0.1, 0.15) is 0 Å². The van der Waals surface area contributed by atoms with E-state index in [1.807, 2.05) is 0 Å². The summed E-state index contributed by atoms with van der Waals surface area (Å²) in [6.07, 6.45) is 1.34. The Morgan fingerprint density at radius 1 is 1.10 bits per heavy atom. The Morgan fingerprint density at radius 2 is 1.86 bits per heavy atom. The molecule has 0 radical (unpaired) electrons. The summed E-state index contributed by atoms with van der Waals surface area (Å²) in [6, 6.07) is 15.7. The lowest BCUT2D eigenvalue weighted by molar-refractivity contribution is 0.0908. The first-order chi connectivity index (χ1) is 14.0. The number of likely N-dealkylation sites (tertiary alicyclic amines) is 1. The van der Waals surface area contributed by atoms with Crippen molar-refractivity contribution in [1.29, 1.82) is 0 Å². The molecule has 1 saturated heterocycles. The van der Waals surface area contributed by atoms with Gasteiger partial charge in [-0.1, -0.05) is 35.9 Å². The van der Waals surface area contributed by atoms with Gasteiger partial charge in [-0.25, -0.2) is 4.79 Å². The van der Waals surface area contributed by atoms with Crippen LogP contribution in [-0.4, -0.2) is 42.6 Å². The number of nitrogens with zero attached hydrogens (tertiary/aromatic N) is 1. The topological polar surface area (TPSA) is 70.7 Å². The van der Waals surface area contributed by atoms with Gasteiger partial charge in [0.2, 0.25) is 0 Å². The van der Waals surface area contributed by atoms with Crippen molar-refractivity contribution in [3.63, 3.8) is 0 Å². The minimum Gasteiger partial charge on any atom is -0.450 e. The van der Waals surface area contributed by atoms with E-state index in [-0.39, 0.29) is 11.9 Å². The van der Waals surface area contributed by atoms with Crippen LogP contribution in [0.2, 0.25) is 0 Å². The van der Waals surface area contributed by atoms with Crippen molar-refractivity contribution < 1.29 is 14.3 Å². The van der Waals surface area contributed by atoms with Crippen molar-refractivity contribution in [3.05, 3.63) is 65.2 Å². The number of amides is 2. The molecule has 1 fully saturated rings. The second kappa shape index (κ2) is 10.1. The molecule has 1 heterocycles. The summed E-state index contributed by atoms with van der Waals surface area (Å²) < 4.78 is 4.87. The monoisotopic (exact) mass is 395 g/mol. The number of anilines is 1. The smallest absolute Gasteiger partial charge is 0.411 e. The zero-order valence-corrected chi connectivity index (χ0v) is 17.1. The molecular formula is C23H29N3O3. The average Bonchev–Trinajstić information content (AvgIpc) is 2.70. The highest BCUT2D eigenvalue weighted by molar-refractivity contribution is 5.96. The predicted octanol–water partition coefficient (Wildman–Crippen LogP) is 3.96. The summed E-state index contributed by atoms with van der Waals surface area (Å²) in [6.45, 7) is 7.03. The summed E-state index contributed by atoms with van der Waals surface area (Å²) in [5.74, 6) is -0.116. The highest BCUT2D eigenvalue weighted by Crippen LogP contribution is 2.16. The van der Waals surface area contributed by atoms with Crippen LogP contribution < -0.4 is 10.6 Å². The molecule has 1 aliphatic heterocycles. The lowest BCUT2D eigenvalue weighted by Crippen LogP contribution is -2.44. The van der Waals surface area contributed by atoms with Gasteiger partial charge in [-0.05, 0) is 50.5 Å². The number of rotatable bonds is 6. The van der Waals surface area contributed by atoms with Gasteiger partial charge < -0.3 is 10.1 Å². The zero-order chi connectivity index (χ0) is 20.6. The number of benzene rings is 2. The van der Waals surface area contributed by atoms with E-state index in [2.05, 4.69) is 46.7 Å². The molecule has 154 valence electrons. The van der Waals surface area contributed by atoms with Crippen molar-refractivity contribution >= 4 is 17.7 Å². The van der Waals surface area contributed by atoms with Crippen LogP contribution in [-0.2, 0) is 11.3 Å². The van der Waals surface area contributed by atoms with E-state index in [0.29, 0.717) is 17.9 Å². The summed E-state index contributed by atoms with van der Waals surface area (Å²) in [5.41, 5.74) is 3.69. The van der Waals surface area contributed by atoms with Gasteiger partial charge in [0.25, 0.3) is 5.91 Å². The van der Waals surface area contributed by atoms with Gasteiger partial charge >= 0.3 is 6.09 Å². The third-order valence-corrected chi connectivity index (χ3v) is 5.06.